The fourth-order valence-electron chi connectivity index (χ4n) is 1.61. The van der Waals surface area contributed by atoms with Crippen molar-refractivity contribution in [3.63, 3.8) is 0 Å². The van der Waals surface area contributed by atoms with Crippen LogP contribution in [0.5, 0.6) is 11.5 Å². The van der Waals surface area contributed by atoms with Gasteiger partial charge in [-0.25, -0.2) is 8.78 Å². The van der Waals surface area contributed by atoms with Crippen LogP contribution in [-0.2, 0) is 6.42 Å². The maximum absolute atomic E-state index is 12.8. The van der Waals surface area contributed by atoms with Gasteiger partial charge in [-0.3, -0.25) is 0 Å². The van der Waals surface area contributed by atoms with Gasteiger partial charge in [-0.05, 0) is 37.7 Å². The van der Waals surface area contributed by atoms with Gasteiger partial charge in [0.1, 0.15) is 11.5 Å². The molecular formula is C12H17F2NO2. The van der Waals surface area contributed by atoms with Gasteiger partial charge < -0.3 is 14.8 Å². The van der Waals surface area contributed by atoms with Crippen LogP contribution in [0.4, 0.5) is 8.78 Å². The second-order valence-electron chi connectivity index (χ2n) is 3.56. The molecule has 1 N–H and O–H groups in total. The Morgan fingerprint density at radius 1 is 1.18 bits per heavy atom. The molecule has 0 aliphatic rings. The van der Waals surface area contributed by atoms with Gasteiger partial charge in [0.2, 0.25) is 0 Å². The van der Waals surface area contributed by atoms with Gasteiger partial charge in [-0.1, -0.05) is 0 Å². The van der Waals surface area contributed by atoms with Gasteiger partial charge in [-0.2, -0.15) is 0 Å². The number of benzene rings is 1. The summed E-state index contributed by atoms with van der Waals surface area (Å²) in [6.45, 7) is 0.744. The van der Waals surface area contributed by atoms with E-state index in [-0.39, 0.29) is 11.3 Å². The van der Waals surface area contributed by atoms with Crippen LogP contribution in [-0.4, -0.2) is 27.8 Å². The molecule has 1 aromatic carbocycles. The number of rotatable bonds is 6. The van der Waals surface area contributed by atoms with Crippen molar-refractivity contribution in [3.8, 4) is 11.5 Å². The van der Waals surface area contributed by atoms with E-state index >= 15 is 0 Å². The number of likely N-dealkylation sites (N-methyl/N-ethyl adjacent to an activating group) is 1. The summed E-state index contributed by atoms with van der Waals surface area (Å²) >= 11 is 0. The Kier molecular flexibility index (Phi) is 5.15. The number of halogens is 2. The first-order valence-electron chi connectivity index (χ1n) is 5.31. The molecule has 0 amide bonds. The normalized spacial score (nSPS) is 10.7. The molecule has 0 bridgehead atoms. The first kappa shape index (κ1) is 13.7. The second kappa shape index (κ2) is 6.39. The van der Waals surface area contributed by atoms with Crippen LogP contribution in [0.15, 0.2) is 12.1 Å². The third-order valence-electron chi connectivity index (χ3n) is 2.51. The molecule has 0 fully saturated rings. The third kappa shape index (κ3) is 3.30. The van der Waals surface area contributed by atoms with Crippen LogP contribution in [0.3, 0.4) is 0 Å². The highest BCUT2D eigenvalue weighted by molar-refractivity contribution is 5.47. The zero-order valence-electron chi connectivity index (χ0n) is 10.2. The van der Waals surface area contributed by atoms with Gasteiger partial charge in [0, 0.05) is 0 Å². The van der Waals surface area contributed by atoms with E-state index in [4.69, 9.17) is 9.47 Å². The molecule has 0 aliphatic heterocycles. The highest BCUT2D eigenvalue weighted by atomic mass is 19.3. The van der Waals surface area contributed by atoms with Crippen molar-refractivity contribution in [2.75, 3.05) is 27.8 Å². The molecule has 3 nitrogen and oxygen atoms in total. The van der Waals surface area contributed by atoms with E-state index in [9.17, 15) is 8.78 Å². The lowest BCUT2D eigenvalue weighted by Crippen LogP contribution is -2.11. The molecule has 0 aliphatic carbocycles. The van der Waals surface area contributed by atoms with E-state index in [1.165, 1.54) is 20.3 Å². The summed E-state index contributed by atoms with van der Waals surface area (Å²) in [7, 11) is 4.69. The fraction of sp³-hybridized carbons (Fsp3) is 0.500. The molecule has 0 unspecified atom stereocenters. The SMILES string of the molecule is CNCCc1cc(OC)c(C(F)F)cc1OC. The topological polar surface area (TPSA) is 30.5 Å². The molecule has 17 heavy (non-hydrogen) atoms. The summed E-state index contributed by atoms with van der Waals surface area (Å²) in [5.74, 6) is 0.670. The third-order valence-corrected chi connectivity index (χ3v) is 2.51. The first-order valence-corrected chi connectivity index (χ1v) is 5.31. The fourth-order valence-corrected chi connectivity index (χ4v) is 1.61. The van der Waals surface area contributed by atoms with Crippen LogP contribution < -0.4 is 14.8 Å². The lowest BCUT2D eigenvalue weighted by Gasteiger charge is -2.14. The molecule has 0 aromatic heterocycles. The molecule has 0 saturated heterocycles. The van der Waals surface area contributed by atoms with E-state index in [1.807, 2.05) is 7.05 Å². The van der Waals surface area contributed by atoms with E-state index in [0.717, 1.165) is 12.1 Å². The number of methoxy groups -OCH3 is 2. The number of nitrogens with one attached hydrogen (secondary N) is 1. The Morgan fingerprint density at radius 3 is 2.29 bits per heavy atom. The maximum Gasteiger partial charge on any atom is 0.267 e. The summed E-state index contributed by atoms with van der Waals surface area (Å²) in [4.78, 5) is 0. The Balaban J connectivity index is 3.13. The molecule has 0 saturated carbocycles. The Labute approximate surface area is 99.7 Å². The summed E-state index contributed by atoms with van der Waals surface area (Å²) < 4.78 is 35.6. The lowest BCUT2D eigenvalue weighted by atomic mass is 10.1. The Hall–Kier alpha value is -1.36. The first-order chi connectivity index (χ1) is 8.13. The predicted molar refractivity (Wildman–Crippen MR) is 62.1 cm³/mol. The van der Waals surface area contributed by atoms with Gasteiger partial charge in [0.05, 0.1) is 19.8 Å². The van der Waals surface area contributed by atoms with Crippen molar-refractivity contribution >= 4 is 0 Å². The van der Waals surface area contributed by atoms with Gasteiger partial charge in [0.15, 0.2) is 0 Å². The van der Waals surface area contributed by atoms with Gasteiger partial charge in [0.25, 0.3) is 6.43 Å². The highest BCUT2D eigenvalue weighted by Gasteiger charge is 2.17. The molecule has 0 heterocycles. The maximum atomic E-state index is 12.8. The monoisotopic (exact) mass is 245 g/mol. The Bertz CT molecular complexity index is 370. The van der Waals surface area contributed by atoms with Crippen molar-refractivity contribution in [2.24, 2.45) is 0 Å². The van der Waals surface area contributed by atoms with Crippen LogP contribution in [0.2, 0.25) is 0 Å². The minimum Gasteiger partial charge on any atom is -0.496 e. The molecule has 5 heteroatoms. The van der Waals surface area contributed by atoms with Crippen molar-refractivity contribution < 1.29 is 18.3 Å². The summed E-state index contributed by atoms with van der Waals surface area (Å²) in [5.41, 5.74) is 0.709. The van der Waals surface area contributed by atoms with Gasteiger partial charge >= 0.3 is 0 Å². The summed E-state index contributed by atoms with van der Waals surface area (Å²) in [6, 6.07) is 2.95. The molecule has 0 atom stereocenters. The quantitative estimate of drug-likeness (QED) is 0.834. The van der Waals surface area contributed by atoms with E-state index < -0.39 is 6.43 Å². The number of hydrogen-bond acceptors (Lipinski definition) is 3. The zero-order chi connectivity index (χ0) is 12.8. The predicted octanol–water partition coefficient (Wildman–Crippen LogP) is 2.40. The van der Waals surface area contributed by atoms with Crippen molar-refractivity contribution in [1.29, 1.82) is 0 Å². The molecule has 1 rings (SSSR count). The van der Waals surface area contributed by atoms with Crippen LogP contribution >= 0.6 is 0 Å². The molecule has 0 radical (unpaired) electrons. The van der Waals surface area contributed by atoms with Crippen LogP contribution in [0.25, 0.3) is 0 Å². The molecular weight excluding hydrogens is 228 g/mol. The molecule has 96 valence electrons. The minimum absolute atomic E-state index is 0.141. The van der Waals surface area contributed by atoms with Crippen LogP contribution in [0.1, 0.15) is 17.6 Å². The summed E-state index contributed by atoms with van der Waals surface area (Å²) in [5, 5.41) is 3.00. The van der Waals surface area contributed by atoms with E-state index in [2.05, 4.69) is 5.32 Å². The average molecular weight is 245 g/mol. The second-order valence-corrected chi connectivity index (χ2v) is 3.56. The van der Waals surface area contributed by atoms with Crippen molar-refractivity contribution in [3.05, 3.63) is 23.3 Å². The van der Waals surface area contributed by atoms with E-state index in [1.54, 1.807) is 6.07 Å². The van der Waals surface area contributed by atoms with Crippen molar-refractivity contribution in [2.45, 2.75) is 12.8 Å². The highest BCUT2D eigenvalue weighted by Crippen LogP contribution is 2.35. The Morgan fingerprint density at radius 2 is 1.82 bits per heavy atom. The minimum atomic E-state index is -2.57. The number of hydrogen-bond donors (Lipinski definition) is 1. The van der Waals surface area contributed by atoms with Crippen molar-refractivity contribution in [1.82, 2.24) is 5.32 Å². The zero-order valence-corrected chi connectivity index (χ0v) is 10.2. The van der Waals surface area contributed by atoms with Crippen LogP contribution in [0, 0.1) is 0 Å². The summed E-state index contributed by atoms with van der Waals surface area (Å²) in [6.07, 6.45) is -1.88. The standard InChI is InChI=1S/C12H17F2NO2/c1-15-5-4-8-6-11(17-3)9(12(13)14)7-10(8)16-2/h6-7,12,15H,4-5H2,1-3H3. The molecule has 1 aromatic rings. The van der Waals surface area contributed by atoms with Gasteiger partial charge in [-0.15, -0.1) is 0 Å². The molecule has 0 spiro atoms. The average Bonchev–Trinajstić information content (AvgIpc) is 2.34. The lowest BCUT2D eigenvalue weighted by molar-refractivity contribution is 0.146. The largest absolute Gasteiger partial charge is 0.496 e. The van der Waals surface area contributed by atoms with E-state index in [0.29, 0.717) is 12.2 Å². The number of alkyl halides is 2. The number of ether oxygens (including phenoxy) is 2. The smallest absolute Gasteiger partial charge is 0.267 e.